The molecule has 0 amide bonds. The van der Waals surface area contributed by atoms with Crippen molar-refractivity contribution in [2.75, 3.05) is 0 Å². The van der Waals surface area contributed by atoms with Crippen molar-refractivity contribution in [3.63, 3.8) is 0 Å². The van der Waals surface area contributed by atoms with E-state index < -0.39 is 0 Å². The Balaban J connectivity index is 0.00000121. The van der Waals surface area contributed by atoms with Gasteiger partial charge in [0.15, 0.2) is 0 Å². The molecule has 0 radical (unpaired) electrons. The van der Waals surface area contributed by atoms with Gasteiger partial charge in [0, 0.05) is 19.5 Å². The summed E-state index contributed by atoms with van der Waals surface area (Å²) in [7, 11) is 0. The van der Waals surface area contributed by atoms with E-state index in [0.29, 0.717) is 0 Å². The Morgan fingerprint density at radius 1 is 1.17 bits per heavy atom. The molecule has 0 aliphatic rings. The van der Waals surface area contributed by atoms with Gasteiger partial charge in [0.25, 0.3) is 0 Å². The first-order valence-electron chi connectivity index (χ1n) is 3.92. The fourth-order valence-electron chi connectivity index (χ4n) is 0.943. The minimum Gasteiger partial charge on any atom is -0.491 e. The minimum absolute atomic E-state index is 0. The van der Waals surface area contributed by atoms with E-state index in [4.69, 9.17) is 4.74 Å². The normalized spacial score (nSPS) is 9.33. The fraction of sp³-hybridized carbons (Fsp3) is 0.400. The quantitative estimate of drug-likeness (QED) is 0.734. The number of hydrogen-bond donors (Lipinski definition) is 0. The molecule has 0 heterocycles. The average molecular weight is 251 g/mol. The first-order valence-corrected chi connectivity index (χ1v) is 3.92. The van der Waals surface area contributed by atoms with Gasteiger partial charge < -0.3 is 4.74 Å². The Labute approximate surface area is 86.9 Å². The van der Waals surface area contributed by atoms with Crippen LogP contribution in [-0.4, -0.2) is 6.10 Å². The van der Waals surface area contributed by atoms with Gasteiger partial charge in [-0.2, -0.15) is 0 Å². The van der Waals surface area contributed by atoms with Crippen molar-refractivity contribution in [1.29, 1.82) is 0 Å². The van der Waals surface area contributed by atoms with Crippen molar-refractivity contribution < 1.29 is 24.2 Å². The summed E-state index contributed by atoms with van der Waals surface area (Å²) in [5.74, 6) is 0.988. The van der Waals surface area contributed by atoms with Crippen LogP contribution in [0.4, 0.5) is 0 Å². The van der Waals surface area contributed by atoms with Gasteiger partial charge >= 0.3 is 0 Å². The van der Waals surface area contributed by atoms with Gasteiger partial charge in [-0.05, 0) is 32.4 Å². The van der Waals surface area contributed by atoms with Crippen LogP contribution in [0.15, 0.2) is 24.3 Å². The third-order valence-electron chi connectivity index (χ3n) is 1.46. The molecule has 0 bridgehead atoms. The molecule has 0 N–H and O–H groups in total. The van der Waals surface area contributed by atoms with E-state index in [0.717, 1.165) is 5.75 Å². The molecule has 0 aliphatic heterocycles. The van der Waals surface area contributed by atoms with Crippen LogP contribution in [0.2, 0.25) is 0 Å². The second-order valence-corrected chi connectivity index (χ2v) is 2.93. The molecule has 0 aliphatic carbocycles. The predicted octanol–water partition coefficient (Wildman–Crippen LogP) is 2.78. The monoisotopic (exact) mass is 252 g/mol. The summed E-state index contributed by atoms with van der Waals surface area (Å²) < 4.78 is 5.54. The maximum atomic E-state index is 5.54. The summed E-state index contributed by atoms with van der Waals surface area (Å²) in [6, 6.07) is 8.06. The summed E-state index contributed by atoms with van der Waals surface area (Å²) in [5, 5.41) is 0. The van der Waals surface area contributed by atoms with E-state index >= 15 is 0 Å². The molecule has 0 aromatic heterocycles. The van der Waals surface area contributed by atoms with Crippen molar-refractivity contribution in [3.05, 3.63) is 29.8 Å². The first kappa shape index (κ1) is 11.6. The van der Waals surface area contributed by atoms with E-state index in [-0.39, 0.29) is 25.6 Å². The molecule has 1 aromatic carbocycles. The SMILES string of the molecule is Cc1ccccc1OC(C)C.[Ru]. The minimum atomic E-state index is 0. The summed E-state index contributed by atoms with van der Waals surface area (Å²) in [5.41, 5.74) is 1.20. The number of benzene rings is 1. The Kier molecular flexibility index (Phi) is 5.16. The third-order valence-corrected chi connectivity index (χ3v) is 1.46. The predicted molar refractivity (Wildman–Crippen MR) is 46.9 cm³/mol. The van der Waals surface area contributed by atoms with Gasteiger partial charge in [-0.15, -0.1) is 0 Å². The number of hydrogen-bond acceptors (Lipinski definition) is 1. The molecule has 0 saturated heterocycles. The fourth-order valence-corrected chi connectivity index (χ4v) is 0.943. The van der Waals surface area contributed by atoms with E-state index in [1.807, 2.05) is 32.0 Å². The largest absolute Gasteiger partial charge is 0.491 e. The third kappa shape index (κ3) is 3.36. The molecule has 12 heavy (non-hydrogen) atoms. The maximum absolute atomic E-state index is 5.54. The first-order chi connectivity index (χ1) is 5.20. The van der Waals surface area contributed by atoms with E-state index in [1.54, 1.807) is 0 Å². The molecule has 68 valence electrons. The Hall–Kier alpha value is -0.357. The van der Waals surface area contributed by atoms with Crippen LogP contribution in [0.25, 0.3) is 0 Å². The zero-order valence-electron chi connectivity index (χ0n) is 7.65. The second-order valence-electron chi connectivity index (χ2n) is 2.93. The Morgan fingerprint density at radius 2 is 1.75 bits per heavy atom. The van der Waals surface area contributed by atoms with Gasteiger partial charge in [-0.3, -0.25) is 0 Å². The van der Waals surface area contributed by atoms with Crippen LogP contribution >= 0.6 is 0 Å². The summed E-state index contributed by atoms with van der Waals surface area (Å²) in [6.07, 6.45) is 0.260. The van der Waals surface area contributed by atoms with Crippen molar-refractivity contribution >= 4 is 0 Å². The van der Waals surface area contributed by atoms with Gasteiger partial charge in [0.05, 0.1) is 6.10 Å². The van der Waals surface area contributed by atoms with Crippen LogP contribution in [-0.2, 0) is 19.5 Å². The summed E-state index contributed by atoms with van der Waals surface area (Å²) >= 11 is 0. The molecule has 1 nitrogen and oxygen atoms in total. The molecule has 1 aromatic rings. The molecule has 2 heteroatoms. The van der Waals surface area contributed by atoms with Gasteiger partial charge in [-0.25, -0.2) is 0 Å². The smallest absolute Gasteiger partial charge is 0.122 e. The van der Waals surface area contributed by atoms with Crippen molar-refractivity contribution in [3.8, 4) is 5.75 Å². The topological polar surface area (TPSA) is 9.23 Å². The van der Waals surface area contributed by atoms with Crippen LogP contribution in [0.3, 0.4) is 0 Å². The summed E-state index contributed by atoms with van der Waals surface area (Å²) in [4.78, 5) is 0. The molecule has 0 spiro atoms. The van der Waals surface area contributed by atoms with Crippen molar-refractivity contribution in [1.82, 2.24) is 0 Å². The molecule has 1 rings (SSSR count). The summed E-state index contributed by atoms with van der Waals surface area (Å²) in [6.45, 7) is 6.12. The molecule has 0 atom stereocenters. The van der Waals surface area contributed by atoms with Crippen LogP contribution in [0.1, 0.15) is 19.4 Å². The van der Waals surface area contributed by atoms with E-state index in [1.165, 1.54) is 5.56 Å². The van der Waals surface area contributed by atoms with Crippen LogP contribution in [0, 0.1) is 6.92 Å². The van der Waals surface area contributed by atoms with E-state index in [2.05, 4.69) is 13.0 Å². The maximum Gasteiger partial charge on any atom is 0.122 e. The number of rotatable bonds is 2. The van der Waals surface area contributed by atoms with Gasteiger partial charge in [-0.1, -0.05) is 18.2 Å². The Morgan fingerprint density at radius 3 is 2.25 bits per heavy atom. The van der Waals surface area contributed by atoms with Crippen LogP contribution in [0.5, 0.6) is 5.75 Å². The zero-order valence-corrected chi connectivity index (χ0v) is 9.39. The van der Waals surface area contributed by atoms with E-state index in [9.17, 15) is 0 Å². The molecule has 0 fully saturated rings. The van der Waals surface area contributed by atoms with Crippen molar-refractivity contribution in [2.24, 2.45) is 0 Å². The second kappa shape index (κ2) is 5.32. The molecule has 0 unspecified atom stereocenters. The molecule has 0 saturated carbocycles. The number of para-hydroxylation sites is 1. The average Bonchev–Trinajstić information content (AvgIpc) is 1.93. The van der Waals surface area contributed by atoms with Gasteiger partial charge in [0.1, 0.15) is 5.75 Å². The molecular weight excluding hydrogens is 237 g/mol. The number of ether oxygens (including phenoxy) is 1. The van der Waals surface area contributed by atoms with Crippen LogP contribution < -0.4 is 4.74 Å². The number of aryl methyl sites for hydroxylation is 1. The van der Waals surface area contributed by atoms with Crippen molar-refractivity contribution in [2.45, 2.75) is 26.9 Å². The standard InChI is InChI=1S/C10H14O.Ru/c1-8(2)11-10-7-5-4-6-9(10)3;/h4-8H,1-3H3;. The Bertz CT molecular complexity index is 233. The molecular formula is C10H14ORu. The zero-order chi connectivity index (χ0) is 8.27. The van der Waals surface area contributed by atoms with Gasteiger partial charge in [0.2, 0.25) is 0 Å².